The number of benzene rings is 3. The number of halogens is 2. The lowest BCUT2D eigenvalue weighted by Crippen LogP contribution is -2.40. The van der Waals surface area contributed by atoms with Crippen LogP contribution in [0, 0.1) is 5.82 Å². The number of nitrogens with zero attached hydrogens (tertiary/aromatic N) is 2. The number of oxime groups is 1. The molecule has 0 saturated heterocycles. The van der Waals surface area contributed by atoms with Crippen LogP contribution in [0.15, 0.2) is 78.0 Å². The second-order valence-electron chi connectivity index (χ2n) is 7.58. The number of hydrogen-bond donors (Lipinski definition) is 1. The number of urea groups is 1. The Balaban J connectivity index is 1.50. The van der Waals surface area contributed by atoms with Gasteiger partial charge in [0.05, 0.1) is 31.6 Å². The molecular weight excluding hydrogens is 445 g/mol. The van der Waals surface area contributed by atoms with Crippen molar-refractivity contribution in [2.45, 2.75) is 19.1 Å². The van der Waals surface area contributed by atoms with Crippen LogP contribution in [-0.4, -0.2) is 36.4 Å². The summed E-state index contributed by atoms with van der Waals surface area (Å²) in [4.78, 5) is 20.3. The summed E-state index contributed by atoms with van der Waals surface area (Å²) in [5, 5.41) is 7.68. The highest BCUT2D eigenvalue weighted by molar-refractivity contribution is 6.30. The zero-order chi connectivity index (χ0) is 23.2. The Morgan fingerprint density at radius 1 is 1.15 bits per heavy atom. The van der Waals surface area contributed by atoms with Gasteiger partial charge in [-0.05, 0) is 35.9 Å². The van der Waals surface area contributed by atoms with Gasteiger partial charge in [-0.15, -0.1) is 0 Å². The molecule has 4 rings (SSSR count). The van der Waals surface area contributed by atoms with Gasteiger partial charge in [0, 0.05) is 17.0 Å². The van der Waals surface area contributed by atoms with Crippen molar-refractivity contribution in [1.29, 1.82) is 0 Å². The number of carbonyl (C=O) groups is 1. The molecule has 0 spiro atoms. The molecule has 8 heteroatoms. The van der Waals surface area contributed by atoms with E-state index in [2.05, 4.69) is 10.5 Å². The fourth-order valence-corrected chi connectivity index (χ4v) is 3.70. The zero-order valence-electron chi connectivity index (χ0n) is 18.0. The van der Waals surface area contributed by atoms with Gasteiger partial charge in [0.1, 0.15) is 11.6 Å². The van der Waals surface area contributed by atoms with Gasteiger partial charge in [-0.2, -0.15) is 0 Å². The van der Waals surface area contributed by atoms with E-state index in [0.29, 0.717) is 28.4 Å². The maximum absolute atomic E-state index is 14.3. The summed E-state index contributed by atoms with van der Waals surface area (Å²) in [5.74, 6) is 0.153. The lowest BCUT2D eigenvalue weighted by atomic mass is 10.0. The summed E-state index contributed by atoms with van der Waals surface area (Å²) >= 11 is 5.97. The lowest BCUT2D eigenvalue weighted by molar-refractivity contribution is 0.0606. The van der Waals surface area contributed by atoms with Gasteiger partial charge in [-0.3, -0.25) is 0 Å². The second-order valence-corrected chi connectivity index (χ2v) is 8.02. The van der Waals surface area contributed by atoms with Gasteiger partial charge in [-0.1, -0.05) is 59.2 Å². The van der Waals surface area contributed by atoms with Gasteiger partial charge in [-0.25, -0.2) is 9.18 Å². The molecule has 170 valence electrons. The highest BCUT2D eigenvalue weighted by Crippen LogP contribution is 2.25. The van der Waals surface area contributed by atoms with Crippen LogP contribution in [0.3, 0.4) is 0 Å². The van der Waals surface area contributed by atoms with Crippen LogP contribution < -0.4 is 10.1 Å². The van der Waals surface area contributed by atoms with Crippen molar-refractivity contribution in [3.63, 3.8) is 0 Å². The molecule has 0 radical (unpaired) electrons. The molecule has 1 heterocycles. The summed E-state index contributed by atoms with van der Waals surface area (Å²) < 4.78 is 19.7. The van der Waals surface area contributed by atoms with Crippen molar-refractivity contribution in [2.75, 3.05) is 19.0 Å². The van der Waals surface area contributed by atoms with Crippen molar-refractivity contribution < 1.29 is 18.8 Å². The van der Waals surface area contributed by atoms with Gasteiger partial charge in [0.15, 0.2) is 6.10 Å². The molecule has 2 amide bonds. The molecule has 6 nitrogen and oxygen atoms in total. The third-order valence-corrected chi connectivity index (χ3v) is 5.54. The largest absolute Gasteiger partial charge is 0.495 e. The second kappa shape index (κ2) is 10.4. The number of methoxy groups -OCH3 is 1. The first-order valence-corrected chi connectivity index (χ1v) is 10.8. The van der Waals surface area contributed by atoms with Crippen LogP contribution in [-0.2, 0) is 11.4 Å². The van der Waals surface area contributed by atoms with E-state index in [1.54, 1.807) is 48.5 Å². The summed E-state index contributed by atoms with van der Waals surface area (Å²) in [6.07, 6.45) is 0.142. The number of nitrogens with one attached hydrogen (secondary N) is 1. The summed E-state index contributed by atoms with van der Waals surface area (Å²) in [5.41, 5.74) is 2.60. The third-order valence-electron chi connectivity index (χ3n) is 5.29. The number of anilines is 1. The van der Waals surface area contributed by atoms with Crippen LogP contribution in [0.25, 0.3) is 0 Å². The molecule has 0 aromatic heterocycles. The fourth-order valence-electron chi connectivity index (χ4n) is 3.58. The Labute approximate surface area is 196 Å². The van der Waals surface area contributed by atoms with E-state index in [1.165, 1.54) is 18.1 Å². The SMILES string of the molecule is COc1ccccc1NC(=O)N(Cc1ccccc1F)C[C@@H]1CC(c2ccc(Cl)cc2)=NO1. The first kappa shape index (κ1) is 22.6. The average molecular weight is 468 g/mol. The first-order valence-electron chi connectivity index (χ1n) is 10.4. The number of amides is 2. The van der Waals surface area contributed by atoms with Crippen molar-refractivity contribution >= 4 is 29.0 Å². The fraction of sp³-hybridized carbons (Fsp3) is 0.200. The number of ether oxygens (including phenoxy) is 1. The molecule has 1 atom stereocenters. The van der Waals surface area contributed by atoms with Crippen molar-refractivity contribution in [3.8, 4) is 5.75 Å². The third kappa shape index (κ3) is 5.62. The van der Waals surface area contributed by atoms with E-state index in [1.807, 2.05) is 18.2 Å². The predicted octanol–water partition coefficient (Wildman–Crippen LogP) is 5.72. The number of rotatable bonds is 7. The standard InChI is InChI=1S/C25H23ClFN3O3/c1-32-24-9-5-4-8-22(24)28-25(31)30(15-18-6-2-3-7-21(18)27)16-20-14-23(29-33-20)17-10-12-19(26)13-11-17/h2-13,20H,14-16H2,1H3,(H,28,31)/t20-/m0/s1. The molecule has 3 aromatic carbocycles. The quantitative estimate of drug-likeness (QED) is 0.483. The van der Waals surface area contributed by atoms with Crippen molar-refractivity contribution in [2.24, 2.45) is 5.16 Å². The van der Waals surface area contributed by atoms with Crippen molar-refractivity contribution in [1.82, 2.24) is 4.90 Å². The Kier molecular flexibility index (Phi) is 7.10. The van der Waals surface area contributed by atoms with Crippen LogP contribution in [0.4, 0.5) is 14.9 Å². The molecule has 0 saturated carbocycles. The predicted molar refractivity (Wildman–Crippen MR) is 126 cm³/mol. The first-order chi connectivity index (χ1) is 16.0. The maximum Gasteiger partial charge on any atom is 0.322 e. The highest BCUT2D eigenvalue weighted by Gasteiger charge is 2.28. The van der Waals surface area contributed by atoms with Crippen LogP contribution in [0.2, 0.25) is 5.02 Å². The van der Waals surface area contributed by atoms with Crippen LogP contribution in [0.1, 0.15) is 17.5 Å². The van der Waals surface area contributed by atoms with Crippen LogP contribution in [0.5, 0.6) is 5.75 Å². The average Bonchev–Trinajstić information content (AvgIpc) is 3.29. The maximum atomic E-state index is 14.3. The molecule has 1 N–H and O–H groups in total. The topological polar surface area (TPSA) is 63.2 Å². The Morgan fingerprint density at radius 3 is 2.64 bits per heavy atom. The van der Waals surface area contributed by atoms with Crippen molar-refractivity contribution in [3.05, 3.63) is 94.8 Å². The minimum absolute atomic E-state index is 0.0732. The van der Waals surface area contributed by atoms with Gasteiger partial charge in [0.25, 0.3) is 0 Å². The minimum atomic E-state index is -0.397. The van der Waals surface area contributed by atoms with Gasteiger partial charge >= 0.3 is 6.03 Å². The highest BCUT2D eigenvalue weighted by atomic mass is 35.5. The number of hydrogen-bond acceptors (Lipinski definition) is 4. The minimum Gasteiger partial charge on any atom is -0.495 e. The van der Waals surface area contributed by atoms with Gasteiger partial charge < -0.3 is 19.8 Å². The lowest BCUT2D eigenvalue weighted by Gasteiger charge is -2.26. The number of para-hydroxylation sites is 2. The molecule has 1 aliphatic heterocycles. The summed E-state index contributed by atoms with van der Waals surface area (Å²) in [6, 6.07) is 20.4. The Bertz CT molecular complexity index is 1150. The monoisotopic (exact) mass is 467 g/mol. The Morgan fingerprint density at radius 2 is 1.88 bits per heavy atom. The molecule has 0 fully saturated rings. The molecule has 1 aliphatic rings. The summed E-state index contributed by atoms with van der Waals surface area (Å²) in [7, 11) is 1.53. The van der Waals surface area contributed by atoms with E-state index in [4.69, 9.17) is 21.2 Å². The molecule has 0 bridgehead atoms. The number of carbonyl (C=O) groups excluding carboxylic acids is 1. The van der Waals surface area contributed by atoms with E-state index >= 15 is 0 Å². The molecule has 3 aromatic rings. The molecular formula is C25H23ClFN3O3. The van der Waals surface area contributed by atoms with Gasteiger partial charge in [0.2, 0.25) is 0 Å². The molecule has 0 unspecified atom stereocenters. The Hall–Kier alpha value is -3.58. The van der Waals surface area contributed by atoms with E-state index in [9.17, 15) is 9.18 Å². The zero-order valence-corrected chi connectivity index (χ0v) is 18.8. The van der Waals surface area contributed by atoms with Crippen LogP contribution >= 0.6 is 11.6 Å². The normalized spacial score (nSPS) is 14.9. The molecule has 33 heavy (non-hydrogen) atoms. The smallest absolute Gasteiger partial charge is 0.322 e. The van der Waals surface area contributed by atoms with E-state index in [-0.39, 0.29) is 25.0 Å². The van der Waals surface area contributed by atoms with E-state index < -0.39 is 6.03 Å². The van der Waals surface area contributed by atoms with E-state index in [0.717, 1.165) is 11.3 Å². The molecule has 0 aliphatic carbocycles. The summed E-state index contributed by atoms with van der Waals surface area (Å²) in [6.45, 7) is 0.291.